The van der Waals surface area contributed by atoms with Crippen LogP contribution >= 0.6 is 0 Å². The molecule has 3 heteroatoms. The Morgan fingerprint density at radius 3 is 2.52 bits per heavy atom. The smallest absolute Gasteiger partial charge is 0.162 e. The molecule has 0 aliphatic heterocycles. The van der Waals surface area contributed by atoms with E-state index in [2.05, 4.69) is 51.7 Å². The molecule has 0 fully saturated rings. The summed E-state index contributed by atoms with van der Waals surface area (Å²) in [5.41, 5.74) is 3.98. The van der Waals surface area contributed by atoms with E-state index in [4.69, 9.17) is 9.47 Å². The van der Waals surface area contributed by atoms with Gasteiger partial charge in [-0.25, -0.2) is 0 Å². The van der Waals surface area contributed by atoms with E-state index in [0.29, 0.717) is 24.4 Å². The molecular weight excluding hydrogens is 334 g/mol. The second-order valence-corrected chi connectivity index (χ2v) is 9.10. The summed E-state index contributed by atoms with van der Waals surface area (Å²) in [6.45, 7) is 12.2. The molecule has 3 nitrogen and oxygen atoms in total. The van der Waals surface area contributed by atoms with Crippen molar-refractivity contribution in [3.63, 3.8) is 0 Å². The number of nitrogens with zero attached hydrogens (tertiary/aromatic N) is 1. The first-order valence-electron chi connectivity index (χ1n) is 10.0. The number of benzene rings is 1. The van der Waals surface area contributed by atoms with Crippen LogP contribution in [0.4, 0.5) is 0 Å². The predicted octanol–water partition coefficient (Wildman–Crippen LogP) is 6.02. The normalized spacial score (nSPS) is 19.7. The van der Waals surface area contributed by atoms with Crippen LogP contribution in [0, 0.1) is 17.3 Å². The topological polar surface area (TPSA) is 31.4 Å². The Morgan fingerprint density at radius 2 is 1.93 bits per heavy atom. The highest BCUT2D eigenvalue weighted by atomic mass is 16.5. The van der Waals surface area contributed by atoms with Crippen molar-refractivity contribution in [3.8, 4) is 11.5 Å². The first-order chi connectivity index (χ1) is 12.8. The van der Waals surface area contributed by atoms with Gasteiger partial charge in [-0.3, -0.25) is 4.98 Å². The maximum absolute atomic E-state index is 6.09. The van der Waals surface area contributed by atoms with Gasteiger partial charge in [-0.2, -0.15) is 0 Å². The van der Waals surface area contributed by atoms with Crippen molar-refractivity contribution >= 4 is 0 Å². The third kappa shape index (κ3) is 4.28. The van der Waals surface area contributed by atoms with Crippen molar-refractivity contribution in [2.24, 2.45) is 17.3 Å². The molecule has 146 valence electrons. The van der Waals surface area contributed by atoms with Crippen LogP contribution in [0.15, 0.2) is 36.5 Å². The Bertz CT molecular complexity index is 762. The Morgan fingerprint density at radius 1 is 1.15 bits per heavy atom. The zero-order chi connectivity index (χ0) is 19.6. The summed E-state index contributed by atoms with van der Waals surface area (Å²) in [7, 11) is 1.73. The Hall–Kier alpha value is -2.03. The number of hydrogen-bond acceptors (Lipinski definition) is 3. The van der Waals surface area contributed by atoms with E-state index >= 15 is 0 Å². The fraction of sp³-hybridized carbons (Fsp3) is 0.542. The number of methoxy groups -OCH3 is 1. The molecule has 1 aliphatic carbocycles. The van der Waals surface area contributed by atoms with Gasteiger partial charge < -0.3 is 9.47 Å². The molecule has 3 rings (SSSR count). The van der Waals surface area contributed by atoms with Crippen molar-refractivity contribution in [2.45, 2.75) is 60.0 Å². The molecule has 2 aromatic rings. The second kappa shape index (κ2) is 7.92. The standard InChI is InChI=1S/C24H33NO2/c1-16(2)19-11-10-17-13-22(27-15-18-9-7-8-12-25-18)21(26-6)14-20(17)23(19)24(3,4)5/h7-9,12-14,16,19,23H,10-11,15H2,1-6H3. The van der Waals surface area contributed by atoms with E-state index in [1.165, 1.54) is 17.5 Å². The third-order valence-corrected chi connectivity index (χ3v) is 5.83. The van der Waals surface area contributed by atoms with E-state index in [1.54, 1.807) is 13.3 Å². The summed E-state index contributed by atoms with van der Waals surface area (Å²) in [5, 5.41) is 0. The van der Waals surface area contributed by atoms with Gasteiger partial charge in [0.1, 0.15) is 6.61 Å². The van der Waals surface area contributed by atoms with Gasteiger partial charge in [-0.15, -0.1) is 0 Å². The molecule has 1 aromatic carbocycles. The highest BCUT2D eigenvalue weighted by Gasteiger charge is 2.39. The lowest BCUT2D eigenvalue weighted by Crippen LogP contribution is -2.33. The summed E-state index contributed by atoms with van der Waals surface area (Å²) in [6.07, 6.45) is 4.14. The van der Waals surface area contributed by atoms with Gasteiger partial charge in [-0.05, 0) is 71.4 Å². The average Bonchev–Trinajstić information content (AvgIpc) is 2.64. The molecule has 2 atom stereocenters. The fourth-order valence-electron chi connectivity index (χ4n) is 4.58. The number of fused-ring (bicyclic) bond motifs is 1. The van der Waals surface area contributed by atoms with Gasteiger partial charge in [0.25, 0.3) is 0 Å². The first kappa shape index (κ1) is 19.7. The number of aryl methyl sites for hydroxylation is 1. The maximum atomic E-state index is 6.09. The van der Waals surface area contributed by atoms with Crippen LogP contribution in [-0.2, 0) is 13.0 Å². The number of pyridine rings is 1. The number of ether oxygens (including phenoxy) is 2. The van der Waals surface area contributed by atoms with E-state index in [0.717, 1.165) is 23.6 Å². The molecule has 1 heterocycles. The summed E-state index contributed by atoms with van der Waals surface area (Å²) in [4.78, 5) is 4.34. The second-order valence-electron chi connectivity index (χ2n) is 9.10. The Kier molecular flexibility index (Phi) is 5.78. The fourth-order valence-corrected chi connectivity index (χ4v) is 4.58. The van der Waals surface area contributed by atoms with Crippen LogP contribution < -0.4 is 9.47 Å². The quantitative estimate of drug-likeness (QED) is 0.648. The van der Waals surface area contributed by atoms with Gasteiger partial charge >= 0.3 is 0 Å². The van der Waals surface area contributed by atoms with Crippen molar-refractivity contribution in [3.05, 3.63) is 53.3 Å². The van der Waals surface area contributed by atoms with E-state index < -0.39 is 0 Å². The van der Waals surface area contributed by atoms with Crippen LogP contribution in [-0.4, -0.2) is 12.1 Å². The van der Waals surface area contributed by atoms with Crippen molar-refractivity contribution in [2.75, 3.05) is 7.11 Å². The Labute approximate surface area is 164 Å². The monoisotopic (exact) mass is 367 g/mol. The first-order valence-corrected chi connectivity index (χ1v) is 10.0. The largest absolute Gasteiger partial charge is 0.493 e. The molecule has 0 bridgehead atoms. The maximum Gasteiger partial charge on any atom is 0.162 e. The molecule has 0 spiro atoms. The van der Waals surface area contributed by atoms with Crippen molar-refractivity contribution in [1.29, 1.82) is 0 Å². The van der Waals surface area contributed by atoms with Crippen molar-refractivity contribution in [1.82, 2.24) is 4.98 Å². The van der Waals surface area contributed by atoms with Crippen LogP contribution in [0.2, 0.25) is 0 Å². The van der Waals surface area contributed by atoms with Gasteiger partial charge in [0.2, 0.25) is 0 Å². The minimum Gasteiger partial charge on any atom is -0.493 e. The van der Waals surface area contributed by atoms with Crippen LogP contribution in [0.1, 0.15) is 63.8 Å². The minimum atomic E-state index is 0.214. The van der Waals surface area contributed by atoms with Crippen molar-refractivity contribution < 1.29 is 9.47 Å². The SMILES string of the molecule is COc1cc2c(cc1OCc1ccccn1)CCC(C(C)C)C2C(C)(C)C. The summed E-state index contributed by atoms with van der Waals surface area (Å²) in [5.74, 6) is 3.54. The number of rotatable bonds is 5. The molecule has 0 N–H and O–H groups in total. The third-order valence-electron chi connectivity index (χ3n) is 5.83. The van der Waals surface area contributed by atoms with Gasteiger partial charge in [0.05, 0.1) is 12.8 Å². The van der Waals surface area contributed by atoms with Crippen LogP contribution in [0.5, 0.6) is 11.5 Å². The predicted molar refractivity (Wildman–Crippen MR) is 110 cm³/mol. The van der Waals surface area contributed by atoms with Gasteiger partial charge in [0.15, 0.2) is 11.5 Å². The molecule has 27 heavy (non-hydrogen) atoms. The minimum absolute atomic E-state index is 0.214. The average molecular weight is 368 g/mol. The molecular formula is C24H33NO2. The molecule has 1 aromatic heterocycles. The van der Waals surface area contributed by atoms with Crippen LogP contribution in [0.25, 0.3) is 0 Å². The zero-order valence-electron chi connectivity index (χ0n) is 17.6. The molecule has 0 saturated heterocycles. The van der Waals surface area contributed by atoms with Gasteiger partial charge in [-0.1, -0.05) is 40.7 Å². The van der Waals surface area contributed by atoms with Crippen LogP contribution in [0.3, 0.4) is 0 Å². The lowest BCUT2D eigenvalue weighted by molar-refractivity contribution is 0.169. The van der Waals surface area contributed by atoms with E-state index in [1.807, 2.05) is 18.2 Å². The number of aromatic nitrogens is 1. The lowest BCUT2D eigenvalue weighted by atomic mass is 9.61. The zero-order valence-corrected chi connectivity index (χ0v) is 17.6. The highest BCUT2D eigenvalue weighted by Crippen LogP contribution is 2.51. The highest BCUT2D eigenvalue weighted by molar-refractivity contribution is 5.50. The van der Waals surface area contributed by atoms with E-state index in [9.17, 15) is 0 Å². The summed E-state index contributed by atoms with van der Waals surface area (Å²) >= 11 is 0. The summed E-state index contributed by atoms with van der Waals surface area (Å²) < 4.78 is 11.8. The molecule has 2 unspecified atom stereocenters. The number of hydrogen-bond donors (Lipinski definition) is 0. The molecule has 0 amide bonds. The molecule has 1 aliphatic rings. The molecule has 0 radical (unpaired) electrons. The summed E-state index contributed by atoms with van der Waals surface area (Å²) in [6, 6.07) is 10.3. The van der Waals surface area contributed by atoms with Gasteiger partial charge in [0, 0.05) is 6.20 Å². The lowest BCUT2D eigenvalue weighted by Gasteiger charge is -2.44. The Balaban J connectivity index is 1.95. The molecule has 0 saturated carbocycles. The van der Waals surface area contributed by atoms with E-state index in [-0.39, 0.29) is 5.41 Å².